The van der Waals surface area contributed by atoms with Crippen molar-refractivity contribution in [2.75, 3.05) is 29.9 Å². The zero-order chi connectivity index (χ0) is 22.7. The zero-order valence-corrected chi connectivity index (χ0v) is 19.1. The molecule has 1 unspecified atom stereocenters. The van der Waals surface area contributed by atoms with Crippen molar-refractivity contribution in [3.05, 3.63) is 60.0 Å². The predicted octanol–water partition coefficient (Wildman–Crippen LogP) is 3.75. The highest BCUT2D eigenvalue weighted by Crippen LogP contribution is 2.36. The van der Waals surface area contributed by atoms with Crippen molar-refractivity contribution in [3.63, 3.8) is 0 Å². The van der Waals surface area contributed by atoms with E-state index in [9.17, 15) is 13.2 Å². The Morgan fingerprint density at radius 2 is 1.84 bits per heavy atom. The van der Waals surface area contributed by atoms with E-state index in [-0.39, 0.29) is 9.90 Å². The summed E-state index contributed by atoms with van der Waals surface area (Å²) in [4.78, 5) is 13.2. The Hall–Kier alpha value is -3.24. The maximum Gasteiger partial charge on any atom is 0.274 e. The van der Waals surface area contributed by atoms with E-state index >= 15 is 0 Å². The number of nitrogens with one attached hydrogen (secondary N) is 1. The summed E-state index contributed by atoms with van der Waals surface area (Å²) < 4.78 is 44.7. The van der Waals surface area contributed by atoms with Gasteiger partial charge in [0.05, 0.1) is 12.8 Å². The number of methoxy groups -OCH3 is 1. The second-order valence-electron chi connectivity index (χ2n) is 6.93. The summed E-state index contributed by atoms with van der Waals surface area (Å²) in [5.74, 6) is 0.951. The molecule has 0 bridgehead atoms. The molecule has 10 heteroatoms. The third kappa shape index (κ3) is 4.23. The monoisotopic (exact) mass is 474 g/mol. The number of hydrogen-bond acceptors (Lipinski definition) is 7. The largest absolute Gasteiger partial charge is 0.495 e. The quantitative estimate of drug-likeness (QED) is 0.561. The Morgan fingerprint density at radius 1 is 1.09 bits per heavy atom. The minimum Gasteiger partial charge on any atom is -0.495 e. The number of hydrogen-bond donors (Lipinski definition) is 1. The number of sulfonamides is 1. The van der Waals surface area contributed by atoms with Crippen LogP contribution in [0.5, 0.6) is 17.2 Å². The molecule has 8 nitrogen and oxygen atoms in total. The smallest absolute Gasteiger partial charge is 0.274 e. The Bertz CT molecular complexity index is 1210. The average Bonchev–Trinajstić information content (AvgIpc) is 3.35. The molecule has 0 saturated heterocycles. The molecule has 0 spiro atoms. The van der Waals surface area contributed by atoms with Crippen LogP contribution in [0.2, 0.25) is 0 Å². The number of ether oxygens (including phenoxy) is 3. The SMILES string of the molecule is COc1ccccc1N(C(C)C(=O)Nc1ccc2c(c1)OCCO2)S(=O)(=O)c1cccs1. The van der Waals surface area contributed by atoms with Crippen LogP contribution < -0.4 is 23.8 Å². The lowest BCUT2D eigenvalue weighted by molar-refractivity contribution is -0.116. The molecule has 1 atom stereocenters. The summed E-state index contributed by atoms with van der Waals surface area (Å²) in [5.41, 5.74) is 0.743. The Balaban J connectivity index is 1.68. The van der Waals surface area contributed by atoms with Crippen LogP contribution in [0.15, 0.2) is 64.2 Å². The molecule has 0 fully saturated rings. The maximum atomic E-state index is 13.5. The minimum atomic E-state index is -4.03. The van der Waals surface area contributed by atoms with E-state index in [0.717, 1.165) is 15.6 Å². The van der Waals surface area contributed by atoms with Crippen molar-refractivity contribution in [3.8, 4) is 17.2 Å². The molecule has 2 aromatic carbocycles. The number of anilines is 2. The molecule has 0 radical (unpaired) electrons. The van der Waals surface area contributed by atoms with Crippen molar-refractivity contribution < 1.29 is 27.4 Å². The number of carbonyl (C=O) groups is 1. The van der Waals surface area contributed by atoms with Crippen molar-refractivity contribution in [2.45, 2.75) is 17.2 Å². The summed E-state index contributed by atoms with van der Waals surface area (Å²) in [5, 5.41) is 4.45. The molecule has 1 N–H and O–H groups in total. The van der Waals surface area contributed by atoms with Crippen LogP contribution in [0, 0.1) is 0 Å². The van der Waals surface area contributed by atoms with Gasteiger partial charge in [0.15, 0.2) is 11.5 Å². The molecule has 1 aromatic heterocycles. The second kappa shape index (κ2) is 9.09. The maximum absolute atomic E-state index is 13.5. The highest BCUT2D eigenvalue weighted by molar-refractivity contribution is 7.94. The predicted molar refractivity (Wildman–Crippen MR) is 123 cm³/mol. The summed E-state index contributed by atoms with van der Waals surface area (Å²) in [6, 6.07) is 13.8. The number of thiophene rings is 1. The van der Waals surface area contributed by atoms with E-state index in [0.29, 0.717) is 36.1 Å². The van der Waals surface area contributed by atoms with Crippen molar-refractivity contribution >= 4 is 38.6 Å². The van der Waals surface area contributed by atoms with Crippen LogP contribution in [0.3, 0.4) is 0 Å². The van der Waals surface area contributed by atoms with E-state index in [2.05, 4.69) is 5.32 Å². The molecule has 0 aliphatic carbocycles. The Morgan fingerprint density at radius 3 is 2.56 bits per heavy atom. The first kappa shape index (κ1) is 22.0. The fourth-order valence-corrected chi connectivity index (χ4v) is 6.05. The molecule has 1 aliphatic heterocycles. The van der Waals surface area contributed by atoms with Gasteiger partial charge in [0, 0.05) is 11.8 Å². The molecule has 1 aliphatic rings. The van der Waals surface area contributed by atoms with Gasteiger partial charge in [-0.2, -0.15) is 0 Å². The average molecular weight is 475 g/mol. The third-order valence-corrected chi connectivity index (χ3v) is 8.13. The normalized spacial score (nSPS) is 13.8. The molecule has 3 aromatic rings. The van der Waals surface area contributed by atoms with Crippen molar-refractivity contribution in [2.24, 2.45) is 0 Å². The highest BCUT2D eigenvalue weighted by atomic mass is 32.2. The highest BCUT2D eigenvalue weighted by Gasteiger charge is 2.35. The van der Waals surface area contributed by atoms with Gasteiger partial charge in [-0.1, -0.05) is 18.2 Å². The molecular formula is C22H22N2O6S2. The number of rotatable bonds is 7. The Labute approximate surface area is 190 Å². The van der Waals surface area contributed by atoms with Gasteiger partial charge in [-0.3, -0.25) is 4.79 Å². The van der Waals surface area contributed by atoms with Gasteiger partial charge in [-0.25, -0.2) is 12.7 Å². The van der Waals surface area contributed by atoms with Crippen molar-refractivity contribution in [1.29, 1.82) is 0 Å². The molecular weight excluding hydrogens is 452 g/mol. The lowest BCUT2D eigenvalue weighted by Gasteiger charge is -2.30. The fourth-order valence-electron chi connectivity index (χ4n) is 3.34. The first-order valence-electron chi connectivity index (χ1n) is 9.83. The van der Waals surface area contributed by atoms with Crippen LogP contribution in [-0.4, -0.2) is 40.7 Å². The third-order valence-electron chi connectivity index (χ3n) is 4.87. The lowest BCUT2D eigenvalue weighted by atomic mass is 10.2. The summed E-state index contributed by atoms with van der Waals surface area (Å²) >= 11 is 1.08. The van der Waals surface area contributed by atoms with Gasteiger partial charge >= 0.3 is 0 Å². The number of benzene rings is 2. The van der Waals surface area contributed by atoms with E-state index in [1.807, 2.05) is 0 Å². The van der Waals surface area contributed by atoms with Gasteiger partial charge in [0.2, 0.25) is 5.91 Å². The number of para-hydroxylation sites is 2. The van der Waals surface area contributed by atoms with Crippen LogP contribution in [0.25, 0.3) is 0 Å². The minimum absolute atomic E-state index is 0.127. The zero-order valence-electron chi connectivity index (χ0n) is 17.5. The first-order valence-corrected chi connectivity index (χ1v) is 12.2. The van der Waals surface area contributed by atoms with Crippen LogP contribution in [-0.2, 0) is 14.8 Å². The number of fused-ring (bicyclic) bond motifs is 1. The van der Waals surface area contributed by atoms with Gasteiger partial charge in [0.25, 0.3) is 10.0 Å². The molecule has 2 heterocycles. The topological polar surface area (TPSA) is 94.2 Å². The first-order chi connectivity index (χ1) is 15.4. The van der Waals surface area contributed by atoms with Gasteiger partial charge in [0.1, 0.15) is 29.2 Å². The van der Waals surface area contributed by atoms with Crippen LogP contribution >= 0.6 is 11.3 Å². The standard InChI is InChI=1S/C22H22N2O6S2/c1-15(22(25)23-16-9-10-19-20(14-16)30-12-11-29-19)24(17-6-3-4-7-18(17)28-2)32(26,27)21-8-5-13-31-21/h3-10,13-15H,11-12H2,1-2H3,(H,23,25). The molecule has 168 valence electrons. The van der Waals surface area contributed by atoms with E-state index < -0.39 is 22.0 Å². The molecule has 4 rings (SSSR count). The molecule has 0 saturated carbocycles. The second-order valence-corrected chi connectivity index (χ2v) is 9.92. The van der Waals surface area contributed by atoms with Crippen LogP contribution in [0.4, 0.5) is 11.4 Å². The lowest BCUT2D eigenvalue weighted by Crippen LogP contribution is -2.45. The fraction of sp³-hybridized carbons (Fsp3) is 0.227. The Kier molecular flexibility index (Phi) is 6.24. The van der Waals surface area contributed by atoms with Crippen molar-refractivity contribution in [1.82, 2.24) is 0 Å². The number of amides is 1. The van der Waals surface area contributed by atoms with E-state index in [4.69, 9.17) is 14.2 Å². The van der Waals surface area contributed by atoms with Gasteiger partial charge in [-0.05, 0) is 42.6 Å². The van der Waals surface area contributed by atoms with Crippen LogP contribution in [0.1, 0.15) is 6.92 Å². The summed E-state index contributed by atoms with van der Waals surface area (Å²) in [6.45, 7) is 2.41. The molecule has 1 amide bonds. The summed E-state index contributed by atoms with van der Waals surface area (Å²) in [6.07, 6.45) is 0. The summed E-state index contributed by atoms with van der Waals surface area (Å²) in [7, 11) is -2.57. The number of carbonyl (C=O) groups excluding carboxylic acids is 1. The van der Waals surface area contributed by atoms with E-state index in [1.54, 1.807) is 53.9 Å². The van der Waals surface area contributed by atoms with Gasteiger partial charge < -0.3 is 19.5 Å². The molecule has 32 heavy (non-hydrogen) atoms. The van der Waals surface area contributed by atoms with E-state index in [1.165, 1.54) is 20.1 Å². The van der Waals surface area contributed by atoms with Gasteiger partial charge in [-0.15, -0.1) is 11.3 Å². The number of nitrogens with zero attached hydrogens (tertiary/aromatic N) is 1.